The van der Waals surface area contributed by atoms with Gasteiger partial charge >= 0.3 is 0 Å². The number of hydrogen-bond donors (Lipinski definition) is 2. The largest absolute Gasteiger partial charge is 0.353 e. The van der Waals surface area contributed by atoms with E-state index in [1.165, 1.54) is 38.6 Å². The molecule has 0 aromatic carbocycles. The first kappa shape index (κ1) is 28.2. The molecule has 0 radical (unpaired) electrons. The van der Waals surface area contributed by atoms with Crippen molar-refractivity contribution in [1.29, 1.82) is 0 Å². The van der Waals surface area contributed by atoms with Crippen LogP contribution in [0.4, 0.5) is 5.82 Å². The highest BCUT2D eigenvalue weighted by molar-refractivity contribution is 6.42. The van der Waals surface area contributed by atoms with Crippen LogP contribution in [-0.4, -0.2) is 53.6 Å². The zero-order chi connectivity index (χ0) is 17.8. The molecule has 0 bridgehead atoms. The van der Waals surface area contributed by atoms with Crippen molar-refractivity contribution in [2.24, 2.45) is 17.4 Å². The number of aromatic nitrogens is 2. The Labute approximate surface area is 196 Å². The Morgan fingerprint density at radius 1 is 0.929 bits per heavy atom. The normalized spacial score (nSPS) is 22.6. The van der Waals surface area contributed by atoms with Gasteiger partial charge in [-0.15, -0.1) is 37.2 Å². The number of anilines is 1. The van der Waals surface area contributed by atoms with E-state index >= 15 is 0 Å². The summed E-state index contributed by atoms with van der Waals surface area (Å²) in [6.45, 7) is 5.25. The number of hydrogen-bond acceptors (Lipinski definition) is 6. The molecule has 1 saturated heterocycles. The molecule has 2 aliphatic rings. The molecular weight excluding hydrogens is 465 g/mol. The summed E-state index contributed by atoms with van der Waals surface area (Å²) in [4.78, 5) is 13.3. The van der Waals surface area contributed by atoms with Crippen molar-refractivity contribution in [3.8, 4) is 0 Å². The van der Waals surface area contributed by atoms with Crippen molar-refractivity contribution in [1.82, 2.24) is 14.9 Å². The van der Waals surface area contributed by atoms with Crippen molar-refractivity contribution in [3.63, 3.8) is 0 Å². The van der Waals surface area contributed by atoms with Crippen molar-refractivity contribution < 1.29 is 0 Å². The Morgan fingerprint density at radius 3 is 2.11 bits per heavy atom. The van der Waals surface area contributed by atoms with Crippen LogP contribution in [0.15, 0.2) is 0 Å². The summed E-state index contributed by atoms with van der Waals surface area (Å²) in [5.74, 6) is 2.09. The SMILES string of the molecule is Cl.Cl.Cl.NCc1nc(Cl)c(Cl)c(N2CCN(CCC3CCC(N)CC3)CC2)n1. The minimum absolute atomic E-state index is 0. The average molecular weight is 497 g/mol. The Hall–Kier alpha value is 0.210. The fourth-order valence-corrected chi connectivity index (χ4v) is 4.16. The molecule has 3 rings (SSSR count). The topological polar surface area (TPSA) is 84.3 Å². The van der Waals surface area contributed by atoms with Gasteiger partial charge in [0, 0.05) is 32.2 Å². The van der Waals surface area contributed by atoms with Crippen LogP contribution in [0.25, 0.3) is 0 Å². The highest BCUT2D eigenvalue weighted by atomic mass is 35.5. The zero-order valence-electron chi connectivity index (χ0n) is 15.9. The summed E-state index contributed by atoms with van der Waals surface area (Å²) < 4.78 is 0. The molecule has 1 aliphatic heterocycles. The molecular formula is C17H31Cl5N6. The van der Waals surface area contributed by atoms with Gasteiger partial charge in [-0.1, -0.05) is 23.2 Å². The lowest BCUT2D eigenvalue weighted by Crippen LogP contribution is -2.47. The molecule has 1 aromatic heterocycles. The van der Waals surface area contributed by atoms with E-state index in [1.807, 2.05) is 0 Å². The molecule has 1 aromatic rings. The third-order valence-corrected chi connectivity index (χ3v) is 6.16. The Balaban J connectivity index is 0.00000243. The predicted molar refractivity (Wildman–Crippen MR) is 125 cm³/mol. The Morgan fingerprint density at radius 2 is 1.54 bits per heavy atom. The van der Waals surface area contributed by atoms with Crippen LogP contribution in [0.3, 0.4) is 0 Å². The van der Waals surface area contributed by atoms with Crippen LogP contribution in [0, 0.1) is 5.92 Å². The van der Waals surface area contributed by atoms with E-state index in [9.17, 15) is 0 Å². The number of nitrogens with zero attached hydrogens (tertiary/aromatic N) is 4. The van der Waals surface area contributed by atoms with Gasteiger partial charge in [-0.3, -0.25) is 4.90 Å². The van der Waals surface area contributed by atoms with Gasteiger partial charge in [0.2, 0.25) is 0 Å². The fraction of sp³-hybridized carbons (Fsp3) is 0.765. The van der Waals surface area contributed by atoms with Gasteiger partial charge in [0.25, 0.3) is 0 Å². The minimum atomic E-state index is 0. The van der Waals surface area contributed by atoms with Gasteiger partial charge in [0.15, 0.2) is 11.0 Å². The zero-order valence-corrected chi connectivity index (χ0v) is 19.8. The maximum absolute atomic E-state index is 6.30. The van der Waals surface area contributed by atoms with E-state index < -0.39 is 0 Å². The number of rotatable bonds is 5. The third-order valence-electron chi connectivity index (χ3n) is 5.44. The third kappa shape index (κ3) is 7.47. The minimum Gasteiger partial charge on any atom is -0.353 e. The maximum Gasteiger partial charge on any atom is 0.153 e. The second-order valence-corrected chi connectivity index (χ2v) is 7.91. The van der Waals surface area contributed by atoms with Crippen molar-refractivity contribution in [2.45, 2.75) is 44.7 Å². The molecule has 4 N–H and O–H groups in total. The molecule has 0 atom stereocenters. The molecule has 2 heterocycles. The van der Waals surface area contributed by atoms with Crippen LogP contribution in [-0.2, 0) is 6.54 Å². The van der Waals surface area contributed by atoms with Gasteiger partial charge in [-0.2, -0.15) is 0 Å². The average Bonchev–Trinajstić information content (AvgIpc) is 2.64. The van der Waals surface area contributed by atoms with Crippen LogP contribution < -0.4 is 16.4 Å². The molecule has 1 saturated carbocycles. The van der Waals surface area contributed by atoms with Crippen LogP contribution in [0.1, 0.15) is 37.9 Å². The van der Waals surface area contributed by atoms with Gasteiger partial charge < -0.3 is 16.4 Å². The first-order chi connectivity index (χ1) is 12.1. The fourth-order valence-electron chi connectivity index (χ4n) is 3.78. The van der Waals surface area contributed by atoms with Gasteiger partial charge in [0.1, 0.15) is 10.8 Å². The first-order valence-corrected chi connectivity index (χ1v) is 9.97. The lowest BCUT2D eigenvalue weighted by atomic mass is 9.84. The predicted octanol–water partition coefficient (Wildman–Crippen LogP) is 3.54. The lowest BCUT2D eigenvalue weighted by Gasteiger charge is -2.37. The molecule has 1 aliphatic carbocycles. The second kappa shape index (κ2) is 13.5. The van der Waals surface area contributed by atoms with E-state index in [-0.39, 0.29) is 48.9 Å². The summed E-state index contributed by atoms with van der Waals surface area (Å²) in [6, 6.07) is 0.433. The maximum atomic E-state index is 6.30. The van der Waals surface area contributed by atoms with Gasteiger partial charge in [-0.05, 0) is 44.6 Å². The molecule has 28 heavy (non-hydrogen) atoms. The van der Waals surface area contributed by atoms with Gasteiger partial charge in [-0.25, -0.2) is 9.97 Å². The highest BCUT2D eigenvalue weighted by Crippen LogP contribution is 2.30. The monoisotopic (exact) mass is 494 g/mol. The summed E-state index contributed by atoms with van der Waals surface area (Å²) >= 11 is 12.4. The summed E-state index contributed by atoms with van der Waals surface area (Å²) in [7, 11) is 0. The van der Waals surface area contributed by atoms with Gasteiger partial charge in [0.05, 0.1) is 6.54 Å². The summed E-state index contributed by atoms with van der Waals surface area (Å²) in [5.41, 5.74) is 11.6. The van der Waals surface area contributed by atoms with Crippen LogP contribution in [0.5, 0.6) is 0 Å². The second-order valence-electron chi connectivity index (χ2n) is 7.17. The molecule has 2 fully saturated rings. The lowest BCUT2D eigenvalue weighted by molar-refractivity contribution is 0.216. The van der Waals surface area contributed by atoms with E-state index in [4.69, 9.17) is 34.7 Å². The van der Waals surface area contributed by atoms with E-state index in [0.29, 0.717) is 22.7 Å². The van der Waals surface area contributed by atoms with E-state index in [2.05, 4.69) is 19.8 Å². The van der Waals surface area contributed by atoms with Crippen LogP contribution in [0.2, 0.25) is 10.2 Å². The van der Waals surface area contributed by atoms with Crippen molar-refractivity contribution >= 4 is 66.2 Å². The standard InChI is InChI=1S/C17H28Cl2N6.3ClH/c18-15-16(19)22-14(11-20)23-17(15)25-9-7-24(8-10-25)6-5-12-1-3-13(21)4-2-12;;;/h12-13H,1-11,20-21H2;3*1H. The van der Waals surface area contributed by atoms with Crippen molar-refractivity contribution in [3.05, 3.63) is 16.0 Å². The van der Waals surface area contributed by atoms with Crippen molar-refractivity contribution in [2.75, 3.05) is 37.6 Å². The molecule has 11 heteroatoms. The Kier molecular flexibility index (Phi) is 13.6. The molecule has 0 amide bonds. The van der Waals surface area contributed by atoms with E-state index in [1.54, 1.807) is 0 Å². The molecule has 6 nitrogen and oxygen atoms in total. The summed E-state index contributed by atoms with van der Waals surface area (Å²) in [5, 5.41) is 0.705. The number of piperazine rings is 1. The Bertz CT molecular complexity index is 577. The number of halogens is 5. The van der Waals surface area contributed by atoms with E-state index in [0.717, 1.165) is 32.1 Å². The molecule has 164 valence electrons. The summed E-state index contributed by atoms with van der Waals surface area (Å²) in [6.07, 6.45) is 6.24. The van der Waals surface area contributed by atoms with Crippen LogP contribution >= 0.6 is 60.4 Å². The molecule has 0 spiro atoms. The molecule has 0 unspecified atom stereocenters. The quantitative estimate of drug-likeness (QED) is 0.607. The highest BCUT2D eigenvalue weighted by Gasteiger charge is 2.24. The first-order valence-electron chi connectivity index (χ1n) is 9.21. The smallest absolute Gasteiger partial charge is 0.153 e. The number of nitrogens with two attached hydrogens (primary N) is 2.